The number of phenols is 1. The van der Waals surface area contributed by atoms with Crippen molar-refractivity contribution in [3.05, 3.63) is 64.7 Å². The zero-order valence-corrected chi connectivity index (χ0v) is 16.0. The van der Waals surface area contributed by atoms with Crippen LogP contribution in [0.1, 0.15) is 73.1 Å². The highest BCUT2D eigenvalue weighted by Gasteiger charge is 2.54. The summed E-state index contributed by atoms with van der Waals surface area (Å²) >= 11 is 0. The van der Waals surface area contributed by atoms with Gasteiger partial charge in [0.1, 0.15) is 5.75 Å². The van der Waals surface area contributed by atoms with Gasteiger partial charge in [0.2, 0.25) is 0 Å². The summed E-state index contributed by atoms with van der Waals surface area (Å²) in [5.41, 5.74) is 6.34. The lowest BCUT2D eigenvalue weighted by Gasteiger charge is -2.51. The Labute approximate surface area is 157 Å². The Hall–Kier alpha value is -1.76. The molecule has 26 heavy (non-hydrogen) atoms. The molecular weight excluding hydrogens is 316 g/mol. The summed E-state index contributed by atoms with van der Waals surface area (Å²) < 4.78 is 0. The van der Waals surface area contributed by atoms with E-state index in [2.05, 4.69) is 44.2 Å². The van der Waals surface area contributed by atoms with Gasteiger partial charge < -0.3 is 5.11 Å². The molecule has 0 saturated heterocycles. The molecule has 2 saturated carbocycles. The van der Waals surface area contributed by atoms with Crippen molar-refractivity contribution in [2.24, 2.45) is 17.3 Å². The van der Waals surface area contributed by atoms with Crippen LogP contribution >= 0.6 is 0 Å². The summed E-state index contributed by atoms with van der Waals surface area (Å²) in [7, 11) is 0. The number of hydrogen-bond acceptors (Lipinski definition) is 1. The van der Waals surface area contributed by atoms with Crippen LogP contribution < -0.4 is 0 Å². The number of aromatic hydroxyl groups is 1. The lowest BCUT2D eigenvalue weighted by molar-refractivity contribution is 0.0481. The van der Waals surface area contributed by atoms with Gasteiger partial charge in [0.05, 0.1) is 0 Å². The molecule has 0 bridgehead atoms. The van der Waals surface area contributed by atoms with Gasteiger partial charge in [-0.3, -0.25) is 0 Å². The fourth-order valence-electron chi connectivity index (χ4n) is 6.92. The summed E-state index contributed by atoms with van der Waals surface area (Å²) in [5, 5.41) is 9.86. The van der Waals surface area contributed by atoms with E-state index in [1.165, 1.54) is 43.2 Å². The average molecular weight is 347 g/mol. The molecule has 5 atom stereocenters. The third kappa shape index (κ3) is 2.36. The zero-order chi connectivity index (χ0) is 17.9. The molecule has 3 aliphatic carbocycles. The summed E-state index contributed by atoms with van der Waals surface area (Å²) in [4.78, 5) is 0. The van der Waals surface area contributed by atoms with Crippen LogP contribution in [0.25, 0.3) is 0 Å². The fraction of sp³-hybridized carbons (Fsp3) is 0.520. The maximum atomic E-state index is 9.86. The molecule has 2 fully saturated rings. The highest BCUT2D eigenvalue weighted by Crippen LogP contribution is 2.65. The summed E-state index contributed by atoms with van der Waals surface area (Å²) in [6, 6.07) is 15.5. The number of aryl methyl sites for hydroxylation is 2. The van der Waals surface area contributed by atoms with Crippen molar-refractivity contribution in [3.8, 4) is 5.75 Å². The Kier molecular flexibility index (Phi) is 3.71. The van der Waals surface area contributed by atoms with Crippen LogP contribution in [0.4, 0.5) is 0 Å². The molecule has 0 amide bonds. The zero-order valence-electron chi connectivity index (χ0n) is 16.0. The SMILES string of the molecule is Cc1ccc([C@@H]2CC[C@H]3[C@@H]4CCc5cc(O)ccc5[C@H]4CC[C@]23C)cc1. The third-order valence-corrected chi connectivity index (χ3v) is 8.19. The Morgan fingerprint density at radius 3 is 2.58 bits per heavy atom. The quantitative estimate of drug-likeness (QED) is 0.638. The van der Waals surface area contributed by atoms with Crippen LogP contribution in [0.2, 0.25) is 0 Å². The fourth-order valence-corrected chi connectivity index (χ4v) is 6.92. The van der Waals surface area contributed by atoms with E-state index in [4.69, 9.17) is 0 Å². The highest BCUT2D eigenvalue weighted by atomic mass is 16.3. The van der Waals surface area contributed by atoms with Crippen molar-refractivity contribution in [2.75, 3.05) is 0 Å². The monoisotopic (exact) mass is 346 g/mol. The minimum Gasteiger partial charge on any atom is -0.508 e. The molecule has 0 radical (unpaired) electrons. The standard InChI is InChI=1S/C25H30O/c1-16-3-5-17(6-4-16)23-11-12-24-22-9-7-18-15-19(26)8-10-20(18)21(22)13-14-25(23,24)2/h3-6,8,10,15,21-24,26H,7,9,11-14H2,1-2H3/t21-,22-,23+,24+,25-/m1/s1. The van der Waals surface area contributed by atoms with Gasteiger partial charge in [0.25, 0.3) is 0 Å². The Balaban J connectivity index is 1.47. The van der Waals surface area contributed by atoms with E-state index >= 15 is 0 Å². The first-order valence-electron chi connectivity index (χ1n) is 10.4. The molecular formula is C25H30O. The third-order valence-electron chi connectivity index (χ3n) is 8.19. The normalized spacial score (nSPS) is 35.5. The highest BCUT2D eigenvalue weighted by molar-refractivity contribution is 5.40. The molecule has 0 unspecified atom stereocenters. The average Bonchev–Trinajstić information content (AvgIpc) is 2.99. The molecule has 1 heteroatoms. The van der Waals surface area contributed by atoms with Crippen molar-refractivity contribution in [1.82, 2.24) is 0 Å². The first-order valence-corrected chi connectivity index (χ1v) is 10.4. The molecule has 3 aliphatic rings. The second-order valence-electron chi connectivity index (χ2n) is 9.38. The van der Waals surface area contributed by atoms with Crippen molar-refractivity contribution >= 4 is 0 Å². The summed E-state index contributed by atoms with van der Waals surface area (Å²) in [6.45, 7) is 4.78. The maximum Gasteiger partial charge on any atom is 0.115 e. The molecule has 0 aromatic heterocycles. The van der Waals surface area contributed by atoms with Gasteiger partial charge in [-0.15, -0.1) is 0 Å². The number of hydrogen-bond donors (Lipinski definition) is 1. The molecule has 0 heterocycles. The first kappa shape index (κ1) is 16.4. The van der Waals surface area contributed by atoms with E-state index in [0.29, 0.717) is 17.1 Å². The van der Waals surface area contributed by atoms with Crippen LogP contribution in [0, 0.1) is 24.2 Å². The van der Waals surface area contributed by atoms with Crippen molar-refractivity contribution in [3.63, 3.8) is 0 Å². The smallest absolute Gasteiger partial charge is 0.115 e. The number of benzene rings is 2. The van der Waals surface area contributed by atoms with Gasteiger partial charge in [-0.1, -0.05) is 42.8 Å². The van der Waals surface area contributed by atoms with Crippen LogP contribution in [-0.2, 0) is 6.42 Å². The number of fused-ring (bicyclic) bond motifs is 5. The molecule has 136 valence electrons. The molecule has 5 rings (SSSR count). The minimum absolute atomic E-state index is 0.433. The Morgan fingerprint density at radius 2 is 1.77 bits per heavy atom. The molecule has 0 spiro atoms. The van der Waals surface area contributed by atoms with Gasteiger partial charge in [-0.25, -0.2) is 0 Å². The van der Waals surface area contributed by atoms with Gasteiger partial charge in [0, 0.05) is 0 Å². The number of phenolic OH excluding ortho intramolecular Hbond substituents is 1. The van der Waals surface area contributed by atoms with Crippen LogP contribution in [0.15, 0.2) is 42.5 Å². The van der Waals surface area contributed by atoms with Crippen LogP contribution in [-0.4, -0.2) is 5.11 Å². The second kappa shape index (κ2) is 5.87. The van der Waals surface area contributed by atoms with E-state index in [1.807, 2.05) is 12.1 Å². The lowest BCUT2D eigenvalue weighted by Crippen LogP contribution is -2.41. The Morgan fingerprint density at radius 1 is 0.962 bits per heavy atom. The minimum atomic E-state index is 0.433. The topological polar surface area (TPSA) is 20.2 Å². The van der Waals surface area contributed by atoms with E-state index < -0.39 is 0 Å². The van der Waals surface area contributed by atoms with E-state index in [0.717, 1.165) is 24.2 Å². The molecule has 1 nitrogen and oxygen atoms in total. The van der Waals surface area contributed by atoms with E-state index in [1.54, 1.807) is 11.1 Å². The molecule has 2 aromatic rings. The lowest BCUT2D eigenvalue weighted by atomic mass is 9.53. The van der Waals surface area contributed by atoms with Gasteiger partial charge >= 0.3 is 0 Å². The van der Waals surface area contributed by atoms with Crippen LogP contribution in [0.3, 0.4) is 0 Å². The predicted octanol–water partition coefficient (Wildman–Crippen LogP) is 6.34. The van der Waals surface area contributed by atoms with E-state index in [9.17, 15) is 5.11 Å². The maximum absolute atomic E-state index is 9.86. The molecule has 2 aromatic carbocycles. The Bertz CT molecular complexity index is 821. The first-order chi connectivity index (χ1) is 12.6. The largest absolute Gasteiger partial charge is 0.508 e. The summed E-state index contributed by atoms with van der Waals surface area (Å²) in [6.07, 6.45) is 7.86. The second-order valence-corrected chi connectivity index (χ2v) is 9.38. The van der Waals surface area contributed by atoms with Crippen molar-refractivity contribution in [1.29, 1.82) is 0 Å². The predicted molar refractivity (Wildman–Crippen MR) is 107 cm³/mol. The van der Waals surface area contributed by atoms with Gasteiger partial charge in [-0.05, 0) is 103 Å². The van der Waals surface area contributed by atoms with E-state index in [-0.39, 0.29) is 0 Å². The van der Waals surface area contributed by atoms with Crippen molar-refractivity contribution in [2.45, 2.75) is 64.2 Å². The van der Waals surface area contributed by atoms with Gasteiger partial charge in [-0.2, -0.15) is 0 Å². The van der Waals surface area contributed by atoms with Crippen LogP contribution in [0.5, 0.6) is 5.75 Å². The molecule has 1 N–H and O–H groups in total. The van der Waals surface area contributed by atoms with Gasteiger partial charge in [0.15, 0.2) is 0 Å². The molecule has 0 aliphatic heterocycles. The van der Waals surface area contributed by atoms with Crippen molar-refractivity contribution < 1.29 is 5.11 Å². The summed E-state index contributed by atoms with van der Waals surface area (Å²) in [5.74, 6) is 3.57. The number of rotatable bonds is 1.